The third-order valence-corrected chi connectivity index (χ3v) is 1.54. The van der Waals surface area contributed by atoms with E-state index in [0.717, 1.165) is 12.8 Å². The number of esters is 1. The minimum absolute atomic E-state index is 0.245. The van der Waals surface area contributed by atoms with E-state index < -0.39 is 0 Å². The second-order valence-electron chi connectivity index (χ2n) is 2.54. The molecule has 1 rings (SSSR count). The number of carbonyl (C=O) groups is 1. The van der Waals surface area contributed by atoms with Crippen LogP contribution in [0.5, 0.6) is 0 Å². The fraction of sp³-hybridized carbons (Fsp3) is 0.625. The van der Waals surface area contributed by atoms with Gasteiger partial charge in [-0.1, -0.05) is 0 Å². The number of rotatable bonds is 1. The summed E-state index contributed by atoms with van der Waals surface area (Å²) in [5.41, 5.74) is 0.394. The zero-order valence-corrected chi connectivity index (χ0v) is 7.78. The lowest BCUT2D eigenvalue weighted by atomic mass is 10.3. The predicted molar refractivity (Wildman–Crippen MR) is 46.6 cm³/mol. The van der Waals surface area contributed by atoms with E-state index in [2.05, 4.69) is 4.74 Å². The Labute approximate surface area is 76.5 Å². The molecule has 0 aromatic heterocycles. The highest BCUT2D eigenvalue weighted by atomic mass is 16.6. The van der Waals surface area contributed by atoms with Crippen molar-refractivity contribution in [2.75, 3.05) is 7.11 Å². The molecule has 74 valence electrons. The molecule has 0 heterocycles. The van der Waals surface area contributed by atoms with Gasteiger partial charge in [-0.25, -0.2) is 0 Å². The molecule has 0 saturated heterocycles. The van der Waals surface area contributed by atoms with Gasteiger partial charge in [0, 0.05) is 13.3 Å². The standard InChI is InChI=1S/C5H7NO2.C3H6O2/c7-6(8)5-3-1-2-4-5;1-3(4)5-2/h3H,1-2,4H2;1-2H3. The average Bonchev–Trinajstić information content (AvgIpc) is 2.57. The smallest absolute Gasteiger partial charge is 0.302 e. The van der Waals surface area contributed by atoms with Crippen LogP contribution in [-0.4, -0.2) is 18.0 Å². The van der Waals surface area contributed by atoms with E-state index in [9.17, 15) is 14.9 Å². The SMILES string of the molecule is COC(C)=O.O=[N+]([O-])C1=CCCC1. The molecule has 13 heavy (non-hydrogen) atoms. The highest BCUT2D eigenvalue weighted by Crippen LogP contribution is 2.16. The van der Waals surface area contributed by atoms with Crippen molar-refractivity contribution in [3.63, 3.8) is 0 Å². The van der Waals surface area contributed by atoms with Crippen molar-refractivity contribution in [3.8, 4) is 0 Å². The molecule has 0 N–H and O–H groups in total. The number of hydrogen-bond acceptors (Lipinski definition) is 4. The van der Waals surface area contributed by atoms with E-state index in [4.69, 9.17) is 0 Å². The maximum atomic E-state index is 9.94. The molecule has 5 heteroatoms. The van der Waals surface area contributed by atoms with Gasteiger partial charge in [-0.15, -0.1) is 0 Å². The van der Waals surface area contributed by atoms with Gasteiger partial charge in [-0.05, 0) is 18.9 Å². The van der Waals surface area contributed by atoms with Crippen molar-refractivity contribution in [2.45, 2.75) is 26.2 Å². The second kappa shape index (κ2) is 6.16. The Bertz CT molecular complexity index is 222. The summed E-state index contributed by atoms with van der Waals surface area (Å²) in [6.07, 6.45) is 4.19. The van der Waals surface area contributed by atoms with Crippen LogP contribution in [-0.2, 0) is 9.53 Å². The Morgan fingerprint density at radius 1 is 1.69 bits per heavy atom. The fourth-order valence-electron chi connectivity index (χ4n) is 0.820. The summed E-state index contributed by atoms with van der Waals surface area (Å²) in [6, 6.07) is 0. The van der Waals surface area contributed by atoms with Crippen LogP contribution in [0.25, 0.3) is 0 Å². The molecule has 0 saturated carbocycles. The van der Waals surface area contributed by atoms with Gasteiger partial charge >= 0.3 is 5.97 Å². The minimum Gasteiger partial charge on any atom is -0.469 e. The van der Waals surface area contributed by atoms with Crippen molar-refractivity contribution in [2.24, 2.45) is 0 Å². The van der Waals surface area contributed by atoms with Gasteiger partial charge in [0.25, 0.3) is 0 Å². The molecule has 0 radical (unpaired) electrons. The first-order valence-electron chi connectivity index (χ1n) is 3.96. The zero-order valence-electron chi connectivity index (χ0n) is 7.78. The molecule has 0 aromatic carbocycles. The average molecular weight is 187 g/mol. The summed E-state index contributed by atoms with van der Waals surface area (Å²) in [4.78, 5) is 19.2. The molecule has 0 amide bonds. The summed E-state index contributed by atoms with van der Waals surface area (Å²) >= 11 is 0. The molecule has 0 aromatic rings. The normalized spacial score (nSPS) is 13.8. The number of allylic oxidation sites excluding steroid dienone is 2. The predicted octanol–water partition coefficient (Wildman–Crippen LogP) is 1.51. The van der Waals surface area contributed by atoms with Crippen LogP contribution < -0.4 is 0 Å². The maximum Gasteiger partial charge on any atom is 0.302 e. The maximum absolute atomic E-state index is 9.94. The van der Waals surface area contributed by atoms with Crippen LogP contribution >= 0.6 is 0 Å². The van der Waals surface area contributed by atoms with E-state index >= 15 is 0 Å². The van der Waals surface area contributed by atoms with E-state index in [1.165, 1.54) is 14.0 Å². The van der Waals surface area contributed by atoms with Crippen LogP contribution in [0.4, 0.5) is 0 Å². The topological polar surface area (TPSA) is 69.4 Å². The third-order valence-electron chi connectivity index (χ3n) is 1.54. The monoisotopic (exact) mass is 187 g/mol. The molecule has 5 nitrogen and oxygen atoms in total. The number of nitro groups is 1. The van der Waals surface area contributed by atoms with E-state index in [-0.39, 0.29) is 10.9 Å². The molecule has 1 aliphatic rings. The Morgan fingerprint density at radius 2 is 2.23 bits per heavy atom. The number of nitrogens with zero attached hydrogens (tertiary/aromatic N) is 1. The van der Waals surface area contributed by atoms with Gasteiger partial charge in [0.1, 0.15) is 0 Å². The number of ether oxygens (including phenoxy) is 1. The Balaban J connectivity index is 0.000000252. The van der Waals surface area contributed by atoms with Gasteiger partial charge < -0.3 is 4.74 Å². The zero-order chi connectivity index (χ0) is 10.3. The van der Waals surface area contributed by atoms with Crippen molar-refractivity contribution < 1.29 is 14.5 Å². The minimum atomic E-state index is -0.299. The van der Waals surface area contributed by atoms with Gasteiger partial charge in [0.2, 0.25) is 5.70 Å². The summed E-state index contributed by atoms with van der Waals surface area (Å²) < 4.78 is 4.11. The Morgan fingerprint density at radius 3 is 2.38 bits per heavy atom. The molecule has 0 spiro atoms. The van der Waals surface area contributed by atoms with Crippen molar-refractivity contribution >= 4 is 5.97 Å². The van der Waals surface area contributed by atoms with E-state index in [0.29, 0.717) is 12.1 Å². The molecular formula is C8H13NO4. The van der Waals surface area contributed by atoms with E-state index in [1.807, 2.05) is 0 Å². The quantitative estimate of drug-likeness (QED) is 0.354. The lowest BCUT2D eigenvalue weighted by molar-refractivity contribution is -0.426. The molecular weight excluding hydrogens is 174 g/mol. The molecule has 1 aliphatic carbocycles. The molecule has 0 fully saturated rings. The highest BCUT2D eigenvalue weighted by molar-refractivity contribution is 5.65. The molecule has 0 bridgehead atoms. The van der Waals surface area contributed by atoms with Gasteiger partial charge in [-0.2, -0.15) is 0 Å². The fourth-order valence-corrected chi connectivity index (χ4v) is 0.820. The summed E-state index contributed by atoms with van der Waals surface area (Å²) in [6.45, 7) is 1.36. The molecule has 0 aliphatic heterocycles. The van der Waals surface area contributed by atoms with Crippen molar-refractivity contribution in [3.05, 3.63) is 21.9 Å². The van der Waals surface area contributed by atoms with Crippen molar-refractivity contribution in [1.29, 1.82) is 0 Å². The summed E-state index contributed by atoms with van der Waals surface area (Å²) in [5, 5.41) is 9.94. The van der Waals surface area contributed by atoms with Crippen molar-refractivity contribution in [1.82, 2.24) is 0 Å². The van der Waals surface area contributed by atoms with Gasteiger partial charge in [0.05, 0.1) is 12.0 Å². The molecule has 0 atom stereocenters. The molecule has 0 unspecified atom stereocenters. The largest absolute Gasteiger partial charge is 0.469 e. The summed E-state index contributed by atoms with van der Waals surface area (Å²) in [5.74, 6) is -0.245. The highest BCUT2D eigenvalue weighted by Gasteiger charge is 2.13. The van der Waals surface area contributed by atoms with Crippen LogP contribution in [0.15, 0.2) is 11.8 Å². The van der Waals surface area contributed by atoms with Gasteiger partial charge in [-0.3, -0.25) is 14.9 Å². The first kappa shape index (κ1) is 11.6. The lowest BCUT2D eigenvalue weighted by Crippen LogP contribution is -1.93. The third kappa shape index (κ3) is 5.84. The lowest BCUT2D eigenvalue weighted by Gasteiger charge is -1.84. The first-order valence-corrected chi connectivity index (χ1v) is 3.96. The number of hydrogen-bond donors (Lipinski definition) is 0. The van der Waals surface area contributed by atoms with Gasteiger partial charge in [0.15, 0.2) is 0 Å². The Kier molecular flexibility index (Phi) is 5.50. The Hall–Kier alpha value is -1.39. The first-order chi connectivity index (χ1) is 6.07. The number of carbonyl (C=O) groups excluding carboxylic acids is 1. The summed E-state index contributed by atoms with van der Waals surface area (Å²) in [7, 11) is 1.35. The van der Waals surface area contributed by atoms with Crippen LogP contribution in [0.2, 0.25) is 0 Å². The number of methoxy groups -OCH3 is 1. The van der Waals surface area contributed by atoms with Crippen LogP contribution in [0.3, 0.4) is 0 Å². The second-order valence-corrected chi connectivity index (χ2v) is 2.54. The van der Waals surface area contributed by atoms with Crippen LogP contribution in [0, 0.1) is 10.1 Å². The van der Waals surface area contributed by atoms with E-state index in [1.54, 1.807) is 6.08 Å². The van der Waals surface area contributed by atoms with Crippen LogP contribution in [0.1, 0.15) is 26.2 Å².